The third-order valence-corrected chi connectivity index (χ3v) is 0.0913. The van der Waals surface area contributed by atoms with Gasteiger partial charge in [-0.1, -0.05) is 0 Å². The highest BCUT2D eigenvalue weighted by atomic mass is 28.4. The Morgan fingerprint density at radius 2 is 1.20 bits per heavy atom. The zero-order valence-electron chi connectivity index (χ0n) is 4.59. The molecule has 4 N–H and O–H groups in total. The lowest BCUT2D eigenvalue weighted by Crippen LogP contribution is -2.33. The van der Waals surface area contributed by atoms with Gasteiger partial charge < -0.3 is 23.9 Å². The molecule has 0 radical (unpaired) electrons. The van der Waals surface area contributed by atoms with Crippen LogP contribution in [0.15, 0.2) is 0 Å². The molecule has 10 heavy (non-hydrogen) atoms. The normalized spacial score (nSPS) is 7.80. The Bertz CT molecular complexity index is 133. The van der Waals surface area contributed by atoms with E-state index < -0.39 is 9.05 Å². The fourth-order valence-corrected chi connectivity index (χ4v) is 0.0204. The SMILES string of the molecule is N#COC#N.O[Si](O)(O)O. The number of nitriles is 2. The molecule has 0 rings (SSSR count). The van der Waals surface area contributed by atoms with E-state index in [4.69, 9.17) is 29.7 Å². The molecule has 7 nitrogen and oxygen atoms in total. The molecule has 0 unspecified atom stereocenters. The van der Waals surface area contributed by atoms with Gasteiger partial charge in [-0.15, -0.1) is 10.5 Å². The van der Waals surface area contributed by atoms with E-state index in [-0.39, 0.29) is 0 Å². The maximum Gasteiger partial charge on any atom is 0.668 e. The lowest BCUT2D eigenvalue weighted by atomic mass is 11.4. The molecule has 56 valence electrons. The van der Waals surface area contributed by atoms with Gasteiger partial charge in [0.1, 0.15) is 0 Å². The Labute approximate surface area is 57.1 Å². The fourth-order valence-electron chi connectivity index (χ4n) is 0.0204. The average Bonchev–Trinajstić information content (AvgIpc) is 1.63. The van der Waals surface area contributed by atoms with Gasteiger partial charge in [-0.05, 0) is 0 Å². The van der Waals surface area contributed by atoms with Crippen molar-refractivity contribution in [2.24, 2.45) is 0 Å². The monoisotopic (exact) mass is 164 g/mol. The second-order valence-electron chi connectivity index (χ2n) is 0.885. The van der Waals surface area contributed by atoms with Crippen LogP contribution in [0, 0.1) is 23.0 Å². The fraction of sp³-hybridized carbons (Fsp3) is 0. The highest BCUT2D eigenvalue weighted by molar-refractivity contribution is 6.46. The van der Waals surface area contributed by atoms with Crippen LogP contribution < -0.4 is 0 Å². The molecule has 0 saturated heterocycles. The lowest BCUT2D eigenvalue weighted by molar-refractivity contribution is 0.117. The summed E-state index contributed by atoms with van der Waals surface area (Å²) in [5, 5.41) is 14.7. The maximum atomic E-state index is 7.37. The molecule has 0 aliphatic heterocycles. The number of hydrogen-bond acceptors (Lipinski definition) is 7. The highest BCUT2D eigenvalue weighted by Gasteiger charge is 2.22. The molecular formula is C2H4N2O5Si. The molecule has 0 saturated carbocycles. The first-order valence-electron chi connectivity index (χ1n) is 1.75. The molecule has 0 bridgehead atoms. The van der Waals surface area contributed by atoms with Gasteiger partial charge in [0.05, 0.1) is 0 Å². The van der Waals surface area contributed by atoms with Gasteiger partial charge in [0, 0.05) is 0 Å². The van der Waals surface area contributed by atoms with Gasteiger partial charge in [0.2, 0.25) is 0 Å². The number of rotatable bonds is 0. The van der Waals surface area contributed by atoms with Crippen LogP contribution in [-0.2, 0) is 4.74 Å². The van der Waals surface area contributed by atoms with Gasteiger partial charge >= 0.3 is 21.6 Å². The van der Waals surface area contributed by atoms with E-state index in [2.05, 4.69) is 4.74 Å². The smallest absolute Gasteiger partial charge is 0.368 e. The number of hydrogen-bond donors (Lipinski definition) is 4. The van der Waals surface area contributed by atoms with Crippen molar-refractivity contribution in [3.8, 4) is 12.5 Å². The maximum absolute atomic E-state index is 7.37. The summed E-state index contributed by atoms with van der Waals surface area (Å²) >= 11 is 0. The summed E-state index contributed by atoms with van der Waals surface area (Å²) in [6, 6.07) is 0. The van der Waals surface area contributed by atoms with Crippen molar-refractivity contribution in [2.75, 3.05) is 0 Å². The van der Waals surface area contributed by atoms with Gasteiger partial charge in [-0.25, -0.2) is 0 Å². The van der Waals surface area contributed by atoms with Crippen LogP contribution in [0.3, 0.4) is 0 Å². The lowest BCUT2D eigenvalue weighted by Gasteiger charge is -1.91. The first-order valence-corrected chi connectivity index (χ1v) is 3.54. The van der Waals surface area contributed by atoms with Crippen molar-refractivity contribution < 1.29 is 23.9 Å². The molecule has 0 aromatic heterocycles. The molecule has 0 fully saturated rings. The molecule has 0 heterocycles. The Hall–Kier alpha value is -1.16. The Morgan fingerprint density at radius 3 is 1.20 bits per heavy atom. The van der Waals surface area contributed by atoms with Gasteiger partial charge in [0.15, 0.2) is 0 Å². The summed E-state index contributed by atoms with van der Waals surface area (Å²) < 4.78 is 3.44. The summed E-state index contributed by atoms with van der Waals surface area (Å²) in [7, 11) is -4.61. The number of nitrogens with zero attached hydrogens (tertiary/aromatic N) is 2. The minimum Gasteiger partial charge on any atom is -0.368 e. The quantitative estimate of drug-likeness (QED) is 0.226. The molecule has 0 aliphatic rings. The van der Waals surface area contributed by atoms with E-state index in [1.807, 2.05) is 0 Å². The Kier molecular flexibility index (Phi) is 6.93. The van der Waals surface area contributed by atoms with Gasteiger partial charge in [-0.2, -0.15) is 0 Å². The predicted molar refractivity (Wildman–Crippen MR) is 26.9 cm³/mol. The Balaban J connectivity index is 0. The first kappa shape index (κ1) is 11.6. The molecule has 0 aromatic carbocycles. The summed E-state index contributed by atoms with van der Waals surface area (Å²) in [5.41, 5.74) is 0. The van der Waals surface area contributed by atoms with Crippen LogP contribution in [-0.4, -0.2) is 28.2 Å². The summed E-state index contributed by atoms with van der Waals surface area (Å²) in [5.74, 6) is 0. The van der Waals surface area contributed by atoms with Crippen LogP contribution in [0.1, 0.15) is 0 Å². The van der Waals surface area contributed by atoms with Crippen LogP contribution >= 0.6 is 0 Å². The zero-order chi connectivity index (χ0) is 8.62. The number of ether oxygens (including phenoxy) is 1. The molecular weight excluding hydrogens is 160 g/mol. The summed E-state index contributed by atoms with van der Waals surface area (Å²) in [6.45, 7) is 0. The molecule has 0 atom stereocenters. The van der Waals surface area contributed by atoms with Crippen molar-refractivity contribution in [3.63, 3.8) is 0 Å². The molecule has 0 aromatic rings. The van der Waals surface area contributed by atoms with Crippen molar-refractivity contribution in [3.05, 3.63) is 0 Å². The van der Waals surface area contributed by atoms with Crippen molar-refractivity contribution in [1.29, 1.82) is 10.5 Å². The molecule has 0 aliphatic carbocycles. The van der Waals surface area contributed by atoms with Crippen molar-refractivity contribution in [2.45, 2.75) is 0 Å². The average molecular weight is 164 g/mol. The predicted octanol–water partition coefficient (Wildman–Crippen LogP) is -2.64. The van der Waals surface area contributed by atoms with Crippen LogP contribution in [0.25, 0.3) is 0 Å². The van der Waals surface area contributed by atoms with Crippen LogP contribution in [0.5, 0.6) is 0 Å². The zero-order valence-corrected chi connectivity index (χ0v) is 5.59. The van der Waals surface area contributed by atoms with E-state index in [1.54, 1.807) is 0 Å². The highest BCUT2D eigenvalue weighted by Crippen LogP contribution is 1.67. The second-order valence-corrected chi connectivity index (χ2v) is 2.08. The van der Waals surface area contributed by atoms with Crippen molar-refractivity contribution >= 4 is 9.05 Å². The standard InChI is InChI=1S/C2N2O.H4O4Si/c3-1-5-2-4;1-5(2,3)4/h;1-4H. The third kappa shape index (κ3) is 333. The first-order chi connectivity index (χ1) is 4.41. The summed E-state index contributed by atoms with van der Waals surface area (Å²) in [6.07, 6.45) is 2.31. The Morgan fingerprint density at radius 1 is 1.00 bits per heavy atom. The van der Waals surface area contributed by atoms with E-state index in [0.717, 1.165) is 12.5 Å². The van der Waals surface area contributed by atoms with Gasteiger partial charge in [-0.3, -0.25) is 0 Å². The minimum absolute atomic E-state index is 1.16. The third-order valence-electron chi connectivity index (χ3n) is 0.0913. The van der Waals surface area contributed by atoms with E-state index in [0.29, 0.717) is 0 Å². The topological polar surface area (TPSA) is 138 Å². The molecule has 8 heteroatoms. The van der Waals surface area contributed by atoms with Crippen LogP contribution in [0.2, 0.25) is 0 Å². The largest absolute Gasteiger partial charge is 0.668 e. The van der Waals surface area contributed by atoms with E-state index >= 15 is 0 Å². The summed E-state index contributed by atoms with van der Waals surface area (Å²) in [4.78, 5) is 29.3. The molecule has 0 amide bonds. The van der Waals surface area contributed by atoms with Gasteiger partial charge in [0.25, 0.3) is 0 Å². The van der Waals surface area contributed by atoms with E-state index in [1.165, 1.54) is 0 Å². The molecule has 0 spiro atoms. The minimum atomic E-state index is -4.61. The second kappa shape index (κ2) is 5.96. The van der Waals surface area contributed by atoms with E-state index in [9.17, 15) is 0 Å². The van der Waals surface area contributed by atoms with Crippen molar-refractivity contribution in [1.82, 2.24) is 0 Å². The van der Waals surface area contributed by atoms with Crippen LogP contribution in [0.4, 0.5) is 0 Å².